The number of hydrogen-bond donors (Lipinski definition) is 2. The molecule has 2 amide bonds. The summed E-state index contributed by atoms with van der Waals surface area (Å²) in [6, 6.07) is 5.87. The zero-order valence-electron chi connectivity index (χ0n) is 10.6. The topological polar surface area (TPSA) is 83.6 Å². The fraction of sp³-hybridized carbons (Fsp3) is 0.385. The quantitative estimate of drug-likeness (QED) is 0.615. The number of nitrogens with zero attached hydrogens (tertiary/aromatic N) is 1. The molecule has 3 N–H and O–H groups in total. The molecular weight excluding hydrogens is 232 g/mol. The molecule has 0 saturated heterocycles. The van der Waals surface area contributed by atoms with Gasteiger partial charge in [0.2, 0.25) is 5.91 Å². The van der Waals surface area contributed by atoms with Gasteiger partial charge in [0, 0.05) is 17.7 Å². The van der Waals surface area contributed by atoms with Crippen LogP contribution in [-0.2, 0) is 0 Å². The lowest BCUT2D eigenvalue weighted by Crippen LogP contribution is -2.29. The number of nitrogens with two attached hydrogens (primary N) is 1. The number of benzene rings is 1. The zero-order chi connectivity index (χ0) is 13.7. The summed E-state index contributed by atoms with van der Waals surface area (Å²) in [5.74, 6) is -0.619. The van der Waals surface area contributed by atoms with Crippen LogP contribution >= 0.6 is 0 Å². The lowest BCUT2D eigenvalue weighted by Gasteiger charge is -2.16. The average Bonchev–Trinajstić information content (AvgIpc) is 2.35. The first kappa shape index (κ1) is 14.2. The SMILES string of the molecule is CC(C)CCN(O)C(=O)c1ccc(C(N)=O)cc1. The molecule has 5 nitrogen and oxygen atoms in total. The second-order valence-corrected chi connectivity index (χ2v) is 4.55. The highest BCUT2D eigenvalue weighted by atomic mass is 16.5. The highest BCUT2D eigenvalue weighted by molar-refractivity contribution is 5.96. The maximum absolute atomic E-state index is 11.8. The maximum Gasteiger partial charge on any atom is 0.277 e. The molecule has 98 valence electrons. The van der Waals surface area contributed by atoms with Gasteiger partial charge in [-0.15, -0.1) is 0 Å². The van der Waals surface area contributed by atoms with E-state index in [-0.39, 0.29) is 6.54 Å². The average molecular weight is 250 g/mol. The van der Waals surface area contributed by atoms with Gasteiger partial charge in [-0.2, -0.15) is 0 Å². The van der Waals surface area contributed by atoms with Gasteiger partial charge < -0.3 is 5.73 Å². The zero-order valence-corrected chi connectivity index (χ0v) is 10.6. The molecule has 1 rings (SSSR count). The molecule has 0 spiro atoms. The predicted molar refractivity (Wildman–Crippen MR) is 67.2 cm³/mol. The van der Waals surface area contributed by atoms with Crippen molar-refractivity contribution < 1.29 is 14.8 Å². The lowest BCUT2D eigenvalue weighted by molar-refractivity contribution is -0.0602. The molecule has 0 aliphatic rings. The molecule has 0 unspecified atom stereocenters. The van der Waals surface area contributed by atoms with Crippen LogP contribution in [0.15, 0.2) is 24.3 Å². The van der Waals surface area contributed by atoms with Crippen molar-refractivity contribution in [3.05, 3.63) is 35.4 Å². The molecule has 5 heteroatoms. The molecule has 0 bridgehead atoms. The van der Waals surface area contributed by atoms with Crippen molar-refractivity contribution in [2.24, 2.45) is 11.7 Å². The molecule has 1 aromatic rings. The first-order valence-electron chi connectivity index (χ1n) is 5.82. The Hall–Kier alpha value is -1.88. The molecule has 0 aliphatic carbocycles. The molecule has 18 heavy (non-hydrogen) atoms. The van der Waals surface area contributed by atoms with E-state index in [1.165, 1.54) is 24.3 Å². The molecule has 0 radical (unpaired) electrons. The Kier molecular flexibility index (Phi) is 4.85. The molecule has 0 aromatic heterocycles. The normalized spacial score (nSPS) is 10.4. The Labute approximate surface area is 106 Å². The van der Waals surface area contributed by atoms with Crippen molar-refractivity contribution in [1.29, 1.82) is 0 Å². The van der Waals surface area contributed by atoms with Crippen LogP contribution in [0.3, 0.4) is 0 Å². The Morgan fingerprint density at radius 3 is 2.17 bits per heavy atom. The van der Waals surface area contributed by atoms with Gasteiger partial charge in [-0.3, -0.25) is 14.8 Å². The number of hydrogen-bond acceptors (Lipinski definition) is 3. The summed E-state index contributed by atoms with van der Waals surface area (Å²) in [7, 11) is 0. The van der Waals surface area contributed by atoms with Crippen LogP contribution in [0.4, 0.5) is 0 Å². The van der Waals surface area contributed by atoms with Crippen molar-refractivity contribution in [3.63, 3.8) is 0 Å². The van der Waals surface area contributed by atoms with Crippen LogP contribution in [-0.4, -0.2) is 28.6 Å². The van der Waals surface area contributed by atoms with Crippen molar-refractivity contribution in [1.82, 2.24) is 5.06 Å². The number of carbonyl (C=O) groups is 2. The number of hydroxylamine groups is 2. The third kappa shape index (κ3) is 3.85. The van der Waals surface area contributed by atoms with Crippen LogP contribution in [0.2, 0.25) is 0 Å². The van der Waals surface area contributed by atoms with Gasteiger partial charge >= 0.3 is 0 Å². The van der Waals surface area contributed by atoms with Crippen LogP contribution < -0.4 is 5.73 Å². The molecule has 0 saturated carbocycles. The van der Waals surface area contributed by atoms with Gasteiger partial charge in [-0.25, -0.2) is 5.06 Å². The first-order valence-corrected chi connectivity index (χ1v) is 5.82. The number of rotatable bonds is 5. The first-order chi connectivity index (χ1) is 8.41. The highest BCUT2D eigenvalue weighted by Crippen LogP contribution is 2.08. The summed E-state index contributed by atoms with van der Waals surface area (Å²) in [4.78, 5) is 22.7. The van der Waals surface area contributed by atoms with Gasteiger partial charge in [-0.05, 0) is 36.6 Å². The lowest BCUT2D eigenvalue weighted by atomic mass is 10.1. The maximum atomic E-state index is 11.8. The van der Waals surface area contributed by atoms with E-state index in [1.807, 2.05) is 13.8 Å². The van der Waals surface area contributed by atoms with Crippen LogP contribution in [0.25, 0.3) is 0 Å². The number of amides is 2. The minimum absolute atomic E-state index is 0.286. The molecule has 0 atom stereocenters. The van der Waals surface area contributed by atoms with Crippen molar-refractivity contribution in [2.75, 3.05) is 6.54 Å². The van der Waals surface area contributed by atoms with E-state index in [0.29, 0.717) is 22.1 Å². The van der Waals surface area contributed by atoms with E-state index in [2.05, 4.69) is 0 Å². The van der Waals surface area contributed by atoms with Gasteiger partial charge in [0.25, 0.3) is 5.91 Å². The second kappa shape index (κ2) is 6.16. The van der Waals surface area contributed by atoms with Crippen LogP contribution in [0, 0.1) is 5.92 Å². The fourth-order valence-corrected chi connectivity index (χ4v) is 1.41. The smallest absolute Gasteiger partial charge is 0.277 e. The molecule has 0 fully saturated rings. The highest BCUT2D eigenvalue weighted by Gasteiger charge is 2.14. The summed E-state index contributed by atoms with van der Waals surface area (Å²) < 4.78 is 0. The fourth-order valence-electron chi connectivity index (χ4n) is 1.41. The second-order valence-electron chi connectivity index (χ2n) is 4.55. The van der Waals surface area contributed by atoms with Crippen LogP contribution in [0.5, 0.6) is 0 Å². The van der Waals surface area contributed by atoms with Crippen molar-refractivity contribution in [2.45, 2.75) is 20.3 Å². The summed E-state index contributed by atoms with van der Waals surface area (Å²) in [5.41, 5.74) is 5.75. The Bertz CT molecular complexity index is 426. The summed E-state index contributed by atoms with van der Waals surface area (Å²) in [5, 5.41) is 10.3. The van der Waals surface area contributed by atoms with E-state index in [1.54, 1.807) is 0 Å². The molecule has 0 aliphatic heterocycles. The summed E-state index contributed by atoms with van der Waals surface area (Å²) in [6.45, 7) is 4.31. The number of carbonyl (C=O) groups excluding carboxylic acids is 2. The van der Waals surface area contributed by atoms with Gasteiger partial charge in [0.1, 0.15) is 0 Å². The van der Waals surface area contributed by atoms with Gasteiger partial charge in [0.05, 0.1) is 0 Å². The van der Waals surface area contributed by atoms with E-state index in [9.17, 15) is 14.8 Å². The summed E-state index contributed by atoms with van der Waals surface area (Å²) in [6.07, 6.45) is 0.724. The Balaban J connectivity index is 2.69. The van der Waals surface area contributed by atoms with Crippen molar-refractivity contribution >= 4 is 11.8 Å². The molecular formula is C13H18N2O3. The van der Waals surface area contributed by atoms with Crippen molar-refractivity contribution in [3.8, 4) is 0 Å². The van der Waals surface area contributed by atoms with E-state index in [4.69, 9.17) is 5.73 Å². The predicted octanol–water partition coefficient (Wildman–Crippen LogP) is 1.66. The van der Waals surface area contributed by atoms with Crippen LogP contribution in [0.1, 0.15) is 41.0 Å². The summed E-state index contributed by atoms with van der Waals surface area (Å²) >= 11 is 0. The van der Waals surface area contributed by atoms with E-state index < -0.39 is 11.8 Å². The standard InChI is InChI=1S/C13H18N2O3/c1-9(2)7-8-15(18)13(17)11-5-3-10(4-6-11)12(14)16/h3-6,9,18H,7-8H2,1-2H3,(H2,14,16). The minimum atomic E-state index is -0.547. The third-order valence-corrected chi connectivity index (χ3v) is 2.57. The largest absolute Gasteiger partial charge is 0.366 e. The van der Waals surface area contributed by atoms with E-state index >= 15 is 0 Å². The molecule has 0 heterocycles. The van der Waals surface area contributed by atoms with Gasteiger partial charge in [-0.1, -0.05) is 13.8 Å². The molecule has 1 aromatic carbocycles. The Morgan fingerprint density at radius 2 is 1.72 bits per heavy atom. The minimum Gasteiger partial charge on any atom is -0.366 e. The monoisotopic (exact) mass is 250 g/mol. The number of primary amides is 1. The third-order valence-electron chi connectivity index (χ3n) is 2.57. The van der Waals surface area contributed by atoms with E-state index in [0.717, 1.165) is 6.42 Å². The Morgan fingerprint density at radius 1 is 1.22 bits per heavy atom. The van der Waals surface area contributed by atoms with Gasteiger partial charge in [0.15, 0.2) is 0 Å².